The highest BCUT2D eigenvalue weighted by atomic mass is 35.5. The van der Waals surface area contributed by atoms with Crippen LogP contribution in [0.25, 0.3) is 6.08 Å². The maximum absolute atomic E-state index is 12.6. The molecule has 26 heavy (non-hydrogen) atoms. The maximum atomic E-state index is 12.6. The molecule has 2 rings (SSSR count). The minimum Gasteiger partial charge on any atom is -0.347 e. The van der Waals surface area contributed by atoms with Crippen LogP contribution in [0.2, 0.25) is 5.02 Å². The van der Waals surface area contributed by atoms with Crippen molar-refractivity contribution >= 4 is 29.5 Å². The average Bonchev–Trinajstić information content (AvgIpc) is 2.61. The van der Waals surface area contributed by atoms with Crippen LogP contribution in [0.1, 0.15) is 31.9 Å². The van der Waals surface area contributed by atoms with Gasteiger partial charge in [0.25, 0.3) is 5.91 Å². The van der Waals surface area contributed by atoms with Crippen LogP contribution in [-0.4, -0.2) is 11.8 Å². The summed E-state index contributed by atoms with van der Waals surface area (Å²) in [4.78, 5) is 25.0. The van der Waals surface area contributed by atoms with Gasteiger partial charge in [0.1, 0.15) is 5.70 Å². The van der Waals surface area contributed by atoms with Crippen LogP contribution in [0.3, 0.4) is 0 Å². The van der Waals surface area contributed by atoms with Crippen molar-refractivity contribution in [2.45, 2.75) is 27.3 Å². The summed E-state index contributed by atoms with van der Waals surface area (Å²) in [6.45, 7) is 5.77. The van der Waals surface area contributed by atoms with Gasteiger partial charge in [-0.3, -0.25) is 9.59 Å². The van der Waals surface area contributed by atoms with E-state index in [0.717, 1.165) is 11.1 Å². The fourth-order valence-corrected chi connectivity index (χ4v) is 2.19. The fraction of sp³-hybridized carbons (Fsp3) is 0.238. The number of rotatable bonds is 5. The summed E-state index contributed by atoms with van der Waals surface area (Å²) < 4.78 is 0. The van der Waals surface area contributed by atoms with E-state index < -0.39 is 5.41 Å². The van der Waals surface area contributed by atoms with Gasteiger partial charge in [-0.05, 0) is 29.3 Å². The number of halogens is 1. The molecule has 136 valence electrons. The Bertz CT molecular complexity index is 791. The van der Waals surface area contributed by atoms with E-state index in [1.165, 1.54) is 0 Å². The Hall–Kier alpha value is -2.59. The molecular weight excluding hydrogens is 348 g/mol. The van der Waals surface area contributed by atoms with Crippen molar-refractivity contribution in [3.63, 3.8) is 0 Å². The van der Waals surface area contributed by atoms with Crippen molar-refractivity contribution in [2.24, 2.45) is 5.41 Å². The van der Waals surface area contributed by atoms with Gasteiger partial charge < -0.3 is 10.6 Å². The first-order valence-corrected chi connectivity index (χ1v) is 8.74. The Morgan fingerprint density at radius 3 is 2.19 bits per heavy atom. The second-order valence-electron chi connectivity index (χ2n) is 6.98. The Morgan fingerprint density at radius 1 is 1.00 bits per heavy atom. The maximum Gasteiger partial charge on any atom is 0.268 e. The van der Waals surface area contributed by atoms with Gasteiger partial charge in [0, 0.05) is 17.0 Å². The van der Waals surface area contributed by atoms with Gasteiger partial charge in [-0.25, -0.2) is 0 Å². The van der Waals surface area contributed by atoms with Crippen molar-refractivity contribution in [3.8, 4) is 0 Å². The van der Waals surface area contributed by atoms with E-state index in [1.807, 2.05) is 30.3 Å². The molecule has 0 fully saturated rings. The lowest BCUT2D eigenvalue weighted by Crippen LogP contribution is -2.39. The van der Waals surface area contributed by atoms with Gasteiger partial charge in [0.15, 0.2) is 0 Å². The SMILES string of the molecule is CC(C)(C)C(=O)N/C(=C\c1ccc(Cl)cc1)C(=O)NCc1ccccc1. The first kappa shape index (κ1) is 19.7. The number of carbonyl (C=O) groups is 2. The van der Waals surface area contributed by atoms with Gasteiger partial charge in [-0.1, -0.05) is 74.8 Å². The van der Waals surface area contributed by atoms with Crippen molar-refractivity contribution < 1.29 is 9.59 Å². The minimum atomic E-state index is -0.612. The average molecular weight is 371 g/mol. The zero-order chi connectivity index (χ0) is 19.2. The van der Waals surface area contributed by atoms with Crippen LogP contribution in [0.15, 0.2) is 60.3 Å². The van der Waals surface area contributed by atoms with Crippen LogP contribution < -0.4 is 10.6 Å². The molecule has 0 unspecified atom stereocenters. The lowest BCUT2D eigenvalue weighted by atomic mass is 9.95. The summed E-state index contributed by atoms with van der Waals surface area (Å²) in [6.07, 6.45) is 1.64. The third-order valence-corrected chi connectivity index (χ3v) is 3.90. The smallest absolute Gasteiger partial charge is 0.268 e. The van der Waals surface area contributed by atoms with Crippen LogP contribution in [0.4, 0.5) is 0 Å². The molecule has 0 saturated heterocycles. The molecule has 2 N–H and O–H groups in total. The monoisotopic (exact) mass is 370 g/mol. The molecule has 0 aliphatic carbocycles. The van der Waals surface area contributed by atoms with Gasteiger partial charge >= 0.3 is 0 Å². The predicted molar refractivity (Wildman–Crippen MR) is 105 cm³/mol. The fourth-order valence-electron chi connectivity index (χ4n) is 2.07. The highest BCUT2D eigenvalue weighted by molar-refractivity contribution is 6.30. The van der Waals surface area contributed by atoms with Crippen molar-refractivity contribution in [1.82, 2.24) is 10.6 Å². The molecule has 0 aliphatic heterocycles. The van der Waals surface area contributed by atoms with Crippen LogP contribution >= 0.6 is 11.6 Å². The van der Waals surface area contributed by atoms with E-state index >= 15 is 0 Å². The normalized spacial score (nSPS) is 11.8. The summed E-state index contributed by atoms with van der Waals surface area (Å²) >= 11 is 5.90. The molecule has 0 radical (unpaired) electrons. The van der Waals surface area contributed by atoms with E-state index in [4.69, 9.17) is 11.6 Å². The molecule has 0 saturated carbocycles. The number of benzene rings is 2. The third-order valence-electron chi connectivity index (χ3n) is 3.65. The molecule has 0 bridgehead atoms. The molecule has 4 nitrogen and oxygen atoms in total. The summed E-state index contributed by atoms with van der Waals surface area (Å²) in [5.41, 5.74) is 1.34. The predicted octanol–water partition coefficient (Wildman–Crippen LogP) is 4.16. The number of hydrogen-bond donors (Lipinski definition) is 2. The summed E-state index contributed by atoms with van der Waals surface area (Å²) in [5, 5.41) is 6.18. The molecule has 0 aromatic heterocycles. The molecule has 0 aliphatic rings. The van der Waals surface area contributed by atoms with Crippen molar-refractivity contribution in [2.75, 3.05) is 0 Å². The molecule has 0 heterocycles. The largest absolute Gasteiger partial charge is 0.347 e. The molecule has 2 aromatic carbocycles. The highest BCUT2D eigenvalue weighted by Gasteiger charge is 2.24. The van der Waals surface area contributed by atoms with Gasteiger partial charge in [0.05, 0.1) is 0 Å². The zero-order valence-electron chi connectivity index (χ0n) is 15.2. The second-order valence-corrected chi connectivity index (χ2v) is 7.42. The molecular formula is C21H23ClN2O2. The molecule has 0 atom stereocenters. The number of amides is 2. The Balaban J connectivity index is 2.19. The van der Waals surface area contributed by atoms with Crippen molar-refractivity contribution in [3.05, 3.63) is 76.4 Å². The van der Waals surface area contributed by atoms with E-state index in [2.05, 4.69) is 10.6 Å². The molecule has 5 heteroatoms. The van der Waals surface area contributed by atoms with E-state index in [-0.39, 0.29) is 17.5 Å². The first-order chi connectivity index (χ1) is 12.3. The second kappa shape index (κ2) is 8.68. The highest BCUT2D eigenvalue weighted by Crippen LogP contribution is 2.16. The number of carbonyl (C=O) groups excluding carboxylic acids is 2. The zero-order valence-corrected chi connectivity index (χ0v) is 15.9. The standard InChI is InChI=1S/C21H23ClN2O2/c1-21(2,3)20(26)24-18(13-15-9-11-17(22)12-10-15)19(25)23-14-16-7-5-4-6-8-16/h4-13H,14H2,1-3H3,(H,23,25)(H,24,26)/b18-13-. The summed E-state index contributed by atoms with van der Waals surface area (Å²) in [5.74, 6) is -0.575. The van der Waals surface area contributed by atoms with Crippen molar-refractivity contribution in [1.29, 1.82) is 0 Å². The summed E-state index contributed by atoms with van der Waals surface area (Å²) in [6, 6.07) is 16.6. The van der Waals surface area contributed by atoms with Gasteiger partial charge in [-0.15, -0.1) is 0 Å². The van der Waals surface area contributed by atoms with Crippen LogP contribution in [0, 0.1) is 5.41 Å². The quantitative estimate of drug-likeness (QED) is 0.776. The topological polar surface area (TPSA) is 58.2 Å². The molecule has 2 amide bonds. The van der Waals surface area contributed by atoms with E-state index in [0.29, 0.717) is 11.6 Å². The molecule has 2 aromatic rings. The minimum absolute atomic E-state index is 0.197. The Morgan fingerprint density at radius 2 is 1.62 bits per heavy atom. The number of hydrogen-bond acceptors (Lipinski definition) is 2. The van der Waals surface area contributed by atoms with E-state index in [1.54, 1.807) is 51.1 Å². The molecule has 0 spiro atoms. The number of nitrogens with one attached hydrogen (secondary N) is 2. The lowest BCUT2D eigenvalue weighted by molar-refractivity contribution is -0.129. The lowest BCUT2D eigenvalue weighted by Gasteiger charge is -2.19. The van der Waals surface area contributed by atoms with Crippen LogP contribution in [-0.2, 0) is 16.1 Å². The Kier molecular flexibility index (Phi) is 6.58. The van der Waals surface area contributed by atoms with Crippen LogP contribution in [0.5, 0.6) is 0 Å². The Labute approximate surface area is 159 Å². The van der Waals surface area contributed by atoms with Gasteiger partial charge in [-0.2, -0.15) is 0 Å². The third kappa shape index (κ3) is 6.05. The summed E-state index contributed by atoms with van der Waals surface area (Å²) in [7, 11) is 0. The van der Waals surface area contributed by atoms with E-state index in [9.17, 15) is 9.59 Å². The first-order valence-electron chi connectivity index (χ1n) is 8.36. The van der Waals surface area contributed by atoms with Gasteiger partial charge in [0.2, 0.25) is 5.91 Å².